The van der Waals surface area contributed by atoms with Crippen molar-refractivity contribution < 1.29 is 4.39 Å². The summed E-state index contributed by atoms with van der Waals surface area (Å²) in [6.07, 6.45) is 5.52. The Morgan fingerprint density at radius 2 is 2.08 bits per heavy atom. The van der Waals surface area contributed by atoms with Crippen LogP contribution in [0.3, 0.4) is 0 Å². The molecule has 1 atom stereocenters. The number of aromatic nitrogens is 2. The average Bonchev–Trinajstić information content (AvgIpc) is 3.11. The molecule has 1 unspecified atom stereocenters. The Kier molecular flexibility index (Phi) is 6.32. The molecule has 136 valence electrons. The minimum absolute atomic E-state index is 0. The molecule has 4 rings (SSSR count). The first kappa shape index (κ1) is 18.9. The maximum atomic E-state index is 13.6. The van der Waals surface area contributed by atoms with Crippen molar-refractivity contribution in [3.8, 4) is 10.6 Å². The summed E-state index contributed by atoms with van der Waals surface area (Å²) in [5.41, 5.74) is 2.11. The quantitative estimate of drug-likeness (QED) is 0.733. The number of hydrogen-bond acceptors (Lipinski definition) is 5. The van der Waals surface area contributed by atoms with Crippen LogP contribution in [0.4, 0.5) is 4.39 Å². The summed E-state index contributed by atoms with van der Waals surface area (Å²) >= 11 is 1.70. The predicted molar refractivity (Wildman–Crippen MR) is 105 cm³/mol. The van der Waals surface area contributed by atoms with E-state index < -0.39 is 0 Å². The smallest absolute Gasteiger partial charge is 0.123 e. The molecular formula is C19H20ClFN4S. The van der Waals surface area contributed by atoms with Crippen LogP contribution in [0.15, 0.2) is 55.0 Å². The van der Waals surface area contributed by atoms with Crippen LogP contribution in [0.2, 0.25) is 0 Å². The van der Waals surface area contributed by atoms with E-state index in [2.05, 4.69) is 20.2 Å². The highest BCUT2D eigenvalue weighted by atomic mass is 35.5. The molecule has 0 spiro atoms. The summed E-state index contributed by atoms with van der Waals surface area (Å²) < 4.78 is 13.6. The fraction of sp³-hybridized carbons (Fsp3) is 0.263. The van der Waals surface area contributed by atoms with Crippen LogP contribution in [-0.2, 0) is 6.54 Å². The number of benzene rings is 1. The van der Waals surface area contributed by atoms with E-state index in [-0.39, 0.29) is 24.3 Å². The second-order valence-corrected chi connectivity index (χ2v) is 7.23. The second-order valence-electron chi connectivity index (χ2n) is 6.11. The zero-order chi connectivity index (χ0) is 17.1. The Balaban J connectivity index is 0.00000196. The van der Waals surface area contributed by atoms with Gasteiger partial charge in [-0.25, -0.2) is 9.37 Å². The van der Waals surface area contributed by atoms with Crippen LogP contribution in [0.1, 0.15) is 16.5 Å². The van der Waals surface area contributed by atoms with Gasteiger partial charge in [-0.3, -0.25) is 9.88 Å². The lowest BCUT2D eigenvalue weighted by atomic mass is 10.0. The molecule has 0 amide bonds. The first-order chi connectivity index (χ1) is 12.3. The molecule has 1 saturated heterocycles. The van der Waals surface area contributed by atoms with Crippen LogP contribution in [0, 0.1) is 5.82 Å². The zero-order valence-corrected chi connectivity index (χ0v) is 15.8. The monoisotopic (exact) mass is 390 g/mol. The van der Waals surface area contributed by atoms with Crippen molar-refractivity contribution in [1.82, 2.24) is 20.2 Å². The van der Waals surface area contributed by atoms with Crippen LogP contribution >= 0.6 is 23.7 Å². The van der Waals surface area contributed by atoms with Crippen LogP contribution in [-0.4, -0.2) is 34.5 Å². The average molecular weight is 391 g/mol. The number of hydrogen-bond donors (Lipinski definition) is 1. The molecule has 0 saturated carbocycles. The van der Waals surface area contributed by atoms with Gasteiger partial charge < -0.3 is 5.32 Å². The van der Waals surface area contributed by atoms with E-state index in [1.807, 2.05) is 24.4 Å². The Morgan fingerprint density at radius 3 is 2.88 bits per heavy atom. The largest absolute Gasteiger partial charge is 0.314 e. The molecule has 0 aliphatic carbocycles. The minimum Gasteiger partial charge on any atom is -0.314 e. The van der Waals surface area contributed by atoms with Gasteiger partial charge in [-0.15, -0.1) is 23.7 Å². The van der Waals surface area contributed by atoms with Crippen molar-refractivity contribution >= 4 is 23.7 Å². The summed E-state index contributed by atoms with van der Waals surface area (Å²) in [4.78, 5) is 12.2. The summed E-state index contributed by atoms with van der Waals surface area (Å²) in [5.74, 6) is -0.180. The second kappa shape index (κ2) is 8.68. The molecule has 2 aromatic heterocycles. The van der Waals surface area contributed by atoms with Gasteiger partial charge in [-0.05, 0) is 29.8 Å². The molecule has 26 heavy (non-hydrogen) atoms. The van der Waals surface area contributed by atoms with Gasteiger partial charge in [0, 0.05) is 61.3 Å². The highest BCUT2D eigenvalue weighted by molar-refractivity contribution is 7.15. The molecule has 1 N–H and O–H groups in total. The maximum Gasteiger partial charge on any atom is 0.123 e. The third-order valence-corrected chi connectivity index (χ3v) is 5.46. The van der Waals surface area contributed by atoms with Gasteiger partial charge in [-0.2, -0.15) is 0 Å². The third-order valence-electron chi connectivity index (χ3n) is 4.43. The van der Waals surface area contributed by atoms with Crippen LogP contribution in [0.5, 0.6) is 0 Å². The van der Waals surface area contributed by atoms with Gasteiger partial charge in [0.2, 0.25) is 0 Å². The summed E-state index contributed by atoms with van der Waals surface area (Å²) in [6, 6.07) is 11.0. The standard InChI is InChI=1S/C19H19FN4S.ClH/c20-16-3-1-2-15(10-16)18-12-22-8-9-24(18)13-17-11-23-19(25-17)14-4-6-21-7-5-14;/h1-7,10-11,18,22H,8-9,12-13H2;1H. The maximum absolute atomic E-state index is 13.6. The van der Waals surface area contributed by atoms with Crippen LogP contribution < -0.4 is 5.32 Å². The molecular weight excluding hydrogens is 371 g/mol. The Bertz CT molecular complexity index is 842. The lowest BCUT2D eigenvalue weighted by Gasteiger charge is -2.36. The molecule has 1 aromatic carbocycles. The van der Waals surface area contributed by atoms with Crippen molar-refractivity contribution in [2.45, 2.75) is 12.6 Å². The normalized spacial score (nSPS) is 17.7. The number of rotatable bonds is 4. The Labute approximate surface area is 162 Å². The molecule has 0 radical (unpaired) electrons. The highest BCUT2D eigenvalue weighted by Crippen LogP contribution is 2.29. The zero-order valence-electron chi connectivity index (χ0n) is 14.1. The van der Waals surface area contributed by atoms with E-state index in [0.29, 0.717) is 0 Å². The summed E-state index contributed by atoms with van der Waals surface area (Å²) in [5, 5.41) is 4.43. The van der Waals surface area contributed by atoms with E-state index in [0.717, 1.165) is 42.3 Å². The number of nitrogens with one attached hydrogen (secondary N) is 1. The number of thiazole rings is 1. The predicted octanol–water partition coefficient (Wildman–Crippen LogP) is 3.91. The summed E-state index contributed by atoms with van der Waals surface area (Å²) in [6.45, 7) is 3.54. The molecule has 0 bridgehead atoms. The van der Waals surface area contributed by atoms with Crippen molar-refractivity contribution in [1.29, 1.82) is 0 Å². The fourth-order valence-corrected chi connectivity index (χ4v) is 4.13. The Morgan fingerprint density at radius 1 is 1.23 bits per heavy atom. The lowest BCUT2D eigenvalue weighted by molar-refractivity contribution is 0.155. The van der Waals surface area contributed by atoms with Crippen LogP contribution in [0.25, 0.3) is 10.6 Å². The number of pyridine rings is 1. The van der Waals surface area contributed by atoms with Crippen molar-refractivity contribution in [2.24, 2.45) is 0 Å². The number of piperazine rings is 1. The minimum atomic E-state index is -0.180. The van der Waals surface area contributed by atoms with E-state index in [1.54, 1.807) is 35.9 Å². The van der Waals surface area contributed by atoms with Crippen molar-refractivity contribution in [3.05, 3.63) is 71.2 Å². The first-order valence-electron chi connectivity index (χ1n) is 8.35. The highest BCUT2D eigenvalue weighted by Gasteiger charge is 2.24. The molecule has 7 heteroatoms. The van der Waals surface area contributed by atoms with Gasteiger partial charge in [0.1, 0.15) is 10.8 Å². The molecule has 3 aromatic rings. The van der Waals surface area contributed by atoms with Gasteiger partial charge in [-0.1, -0.05) is 12.1 Å². The molecule has 1 aliphatic heterocycles. The van der Waals surface area contributed by atoms with E-state index in [4.69, 9.17) is 0 Å². The van der Waals surface area contributed by atoms with Crippen molar-refractivity contribution in [3.63, 3.8) is 0 Å². The van der Waals surface area contributed by atoms with Gasteiger partial charge in [0.05, 0.1) is 0 Å². The molecule has 4 nitrogen and oxygen atoms in total. The SMILES string of the molecule is Cl.Fc1cccc(C2CNCCN2Cc2cnc(-c3ccncc3)s2)c1. The third kappa shape index (κ3) is 4.27. The van der Waals surface area contributed by atoms with E-state index in [9.17, 15) is 4.39 Å². The van der Waals surface area contributed by atoms with E-state index >= 15 is 0 Å². The van der Waals surface area contributed by atoms with Crippen molar-refractivity contribution in [2.75, 3.05) is 19.6 Å². The first-order valence-corrected chi connectivity index (χ1v) is 9.16. The molecule has 1 aliphatic rings. The number of halogens is 2. The molecule has 1 fully saturated rings. The number of nitrogens with zero attached hydrogens (tertiary/aromatic N) is 3. The Hall–Kier alpha value is -1.86. The van der Waals surface area contributed by atoms with Gasteiger partial charge in [0.15, 0.2) is 0 Å². The van der Waals surface area contributed by atoms with Gasteiger partial charge >= 0.3 is 0 Å². The van der Waals surface area contributed by atoms with E-state index in [1.165, 1.54) is 10.9 Å². The van der Waals surface area contributed by atoms with Gasteiger partial charge in [0.25, 0.3) is 0 Å². The fourth-order valence-electron chi connectivity index (χ4n) is 3.19. The topological polar surface area (TPSA) is 41.0 Å². The summed E-state index contributed by atoms with van der Waals surface area (Å²) in [7, 11) is 0. The lowest BCUT2D eigenvalue weighted by Crippen LogP contribution is -2.45. The molecule has 3 heterocycles.